The molecular weight excluding hydrogens is 324 g/mol. The van der Waals surface area contributed by atoms with Crippen LogP contribution in [0.3, 0.4) is 0 Å². The highest BCUT2D eigenvalue weighted by Crippen LogP contribution is 2.34. The maximum Gasteiger partial charge on any atom is 0.137 e. The number of rotatable bonds is 2. The summed E-state index contributed by atoms with van der Waals surface area (Å²) in [4.78, 5) is 2.47. The van der Waals surface area contributed by atoms with Crippen LogP contribution in [0.15, 0.2) is 41.3 Å². The molecule has 5 rings (SSSR count). The van der Waals surface area contributed by atoms with Gasteiger partial charge < -0.3 is 15.0 Å². The van der Waals surface area contributed by atoms with Crippen molar-refractivity contribution in [1.29, 1.82) is 0 Å². The first-order valence-electron chi connectivity index (χ1n) is 10.2. The van der Waals surface area contributed by atoms with E-state index in [0.717, 1.165) is 39.1 Å². The summed E-state index contributed by atoms with van der Waals surface area (Å²) in [6, 6.07) is 8.82. The average Bonchev–Trinajstić information content (AvgIpc) is 3.38. The van der Waals surface area contributed by atoms with E-state index in [1.165, 1.54) is 48.6 Å². The summed E-state index contributed by atoms with van der Waals surface area (Å²) < 4.78 is 6.21. The molecule has 26 heavy (non-hydrogen) atoms. The van der Waals surface area contributed by atoms with Gasteiger partial charge in [-0.2, -0.15) is 5.10 Å². The predicted molar refractivity (Wildman–Crippen MR) is 104 cm³/mol. The van der Waals surface area contributed by atoms with Crippen molar-refractivity contribution in [3.8, 4) is 0 Å². The Morgan fingerprint density at radius 3 is 2.96 bits per heavy atom. The molecule has 4 heterocycles. The molecule has 2 unspecified atom stereocenters. The first-order valence-corrected chi connectivity index (χ1v) is 10.2. The molecule has 0 amide bonds. The number of anilines is 1. The van der Waals surface area contributed by atoms with Crippen molar-refractivity contribution in [3.05, 3.63) is 41.7 Å². The van der Waals surface area contributed by atoms with Gasteiger partial charge in [0.1, 0.15) is 11.7 Å². The molecule has 1 aromatic rings. The zero-order valence-corrected chi connectivity index (χ0v) is 15.4. The van der Waals surface area contributed by atoms with E-state index in [-0.39, 0.29) is 0 Å². The van der Waals surface area contributed by atoms with Gasteiger partial charge in [-0.3, -0.25) is 0 Å². The third-order valence-corrected chi connectivity index (χ3v) is 6.04. The minimum absolute atomic E-state index is 0.295. The Balaban J connectivity index is 1.49. The Hall–Kier alpha value is -2.01. The molecule has 2 atom stereocenters. The fourth-order valence-electron chi connectivity index (χ4n) is 4.73. The topological polar surface area (TPSA) is 40.1 Å². The molecule has 1 aromatic carbocycles. The quantitative estimate of drug-likeness (QED) is 0.888. The second-order valence-corrected chi connectivity index (χ2v) is 7.74. The number of hydrogen-bond donors (Lipinski definition) is 1. The van der Waals surface area contributed by atoms with Crippen LogP contribution in [0.5, 0.6) is 0 Å². The summed E-state index contributed by atoms with van der Waals surface area (Å²) in [5, 5.41) is 10.8. The van der Waals surface area contributed by atoms with Crippen molar-refractivity contribution in [2.24, 2.45) is 11.0 Å². The van der Waals surface area contributed by atoms with Crippen LogP contribution < -0.4 is 10.2 Å². The van der Waals surface area contributed by atoms with Crippen LogP contribution in [0, 0.1) is 5.92 Å². The molecule has 0 saturated carbocycles. The maximum absolute atomic E-state index is 6.21. The fraction of sp³-hybridized carbons (Fsp3) is 0.571. The molecule has 4 aliphatic rings. The maximum atomic E-state index is 6.21. The molecule has 0 spiro atoms. The van der Waals surface area contributed by atoms with Gasteiger partial charge in [-0.1, -0.05) is 18.2 Å². The molecule has 0 aromatic heterocycles. The first-order chi connectivity index (χ1) is 12.9. The highest BCUT2D eigenvalue weighted by molar-refractivity contribution is 6.01. The van der Waals surface area contributed by atoms with E-state index in [0.29, 0.717) is 12.0 Å². The number of hydrogen-bond acceptors (Lipinski definition) is 5. The normalized spacial score (nSPS) is 28.5. The lowest BCUT2D eigenvalue weighted by Crippen LogP contribution is -2.44. The largest absolute Gasteiger partial charge is 0.377 e. The molecule has 1 fully saturated rings. The molecule has 1 saturated heterocycles. The van der Waals surface area contributed by atoms with E-state index in [9.17, 15) is 0 Å². The summed E-state index contributed by atoms with van der Waals surface area (Å²) in [6.45, 7) is 3.90. The summed E-state index contributed by atoms with van der Waals surface area (Å²) >= 11 is 0. The predicted octanol–water partition coefficient (Wildman–Crippen LogP) is 3.09. The fourth-order valence-corrected chi connectivity index (χ4v) is 4.73. The number of nitrogens with one attached hydrogen (secondary N) is 1. The number of nitrogens with zero attached hydrogens (tertiary/aromatic N) is 3. The Labute approximate surface area is 155 Å². The number of para-hydroxylation sites is 1. The summed E-state index contributed by atoms with van der Waals surface area (Å²) in [5.74, 6) is 2.73. The van der Waals surface area contributed by atoms with Gasteiger partial charge >= 0.3 is 0 Å². The molecule has 4 aliphatic heterocycles. The number of ether oxygens (including phenoxy) is 1. The van der Waals surface area contributed by atoms with Gasteiger partial charge in [0.2, 0.25) is 0 Å². The monoisotopic (exact) mass is 352 g/mol. The van der Waals surface area contributed by atoms with E-state index in [2.05, 4.69) is 45.6 Å². The van der Waals surface area contributed by atoms with Gasteiger partial charge in [0.15, 0.2) is 0 Å². The Morgan fingerprint density at radius 2 is 2.12 bits per heavy atom. The van der Waals surface area contributed by atoms with E-state index in [1.54, 1.807) is 0 Å². The molecule has 0 bridgehead atoms. The van der Waals surface area contributed by atoms with E-state index < -0.39 is 0 Å². The van der Waals surface area contributed by atoms with Crippen molar-refractivity contribution < 1.29 is 4.74 Å². The van der Waals surface area contributed by atoms with Gasteiger partial charge in [0, 0.05) is 25.4 Å². The molecule has 5 heteroatoms. The highest BCUT2D eigenvalue weighted by atomic mass is 16.5. The average molecular weight is 352 g/mol. The van der Waals surface area contributed by atoms with Crippen molar-refractivity contribution in [1.82, 2.24) is 10.3 Å². The second-order valence-electron chi connectivity index (χ2n) is 7.74. The zero-order valence-electron chi connectivity index (χ0n) is 15.4. The van der Waals surface area contributed by atoms with Crippen LogP contribution >= 0.6 is 0 Å². The molecule has 0 aliphatic carbocycles. The van der Waals surface area contributed by atoms with Crippen LogP contribution in [0.25, 0.3) is 0 Å². The molecule has 5 nitrogen and oxygen atoms in total. The van der Waals surface area contributed by atoms with Gasteiger partial charge in [-0.05, 0) is 56.2 Å². The molecule has 0 radical (unpaired) electrons. The molecular formula is C21H28N4O. The highest BCUT2D eigenvalue weighted by Gasteiger charge is 2.40. The van der Waals surface area contributed by atoms with Gasteiger partial charge in [-0.15, -0.1) is 0 Å². The van der Waals surface area contributed by atoms with E-state index in [4.69, 9.17) is 9.84 Å². The summed E-state index contributed by atoms with van der Waals surface area (Å²) in [5.41, 5.74) is 2.79. The van der Waals surface area contributed by atoms with Crippen LogP contribution in [-0.2, 0) is 11.2 Å². The minimum atomic E-state index is 0.295. The lowest BCUT2D eigenvalue weighted by molar-refractivity contribution is -0.00615. The standard InChI is InChI=1S/C21H28N4O/c1-2-9-18-16(7-1)8-6-13-24(18)21-17(19-10-3-4-14-26-19)15-25(23-21)20-11-5-12-22-20/h1-2,7,9,11,17,19,22H,3-6,8,10,12-15H2. The number of benzene rings is 1. The van der Waals surface area contributed by atoms with Crippen LogP contribution in [0.2, 0.25) is 0 Å². The lowest BCUT2D eigenvalue weighted by Gasteiger charge is -2.36. The zero-order chi connectivity index (χ0) is 17.3. The summed E-state index contributed by atoms with van der Waals surface area (Å²) in [6.07, 6.45) is 9.63. The molecule has 1 N–H and O–H groups in total. The van der Waals surface area contributed by atoms with Crippen LogP contribution in [0.1, 0.15) is 37.7 Å². The van der Waals surface area contributed by atoms with Gasteiger partial charge in [-0.25, -0.2) is 5.01 Å². The van der Waals surface area contributed by atoms with Crippen molar-refractivity contribution >= 4 is 11.5 Å². The smallest absolute Gasteiger partial charge is 0.137 e. The van der Waals surface area contributed by atoms with Crippen LogP contribution in [0.4, 0.5) is 5.69 Å². The SMILES string of the molecule is C1=C(N2CC(C3CCCCO3)C(N3CCCc4ccccc43)=N2)NCC1. The molecule has 138 valence electrons. The third kappa shape index (κ3) is 2.88. The van der Waals surface area contributed by atoms with E-state index in [1.807, 2.05) is 0 Å². The Morgan fingerprint density at radius 1 is 1.15 bits per heavy atom. The van der Waals surface area contributed by atoms with E-state index >= 15 is 0 Å². The minimum Gasteiger partial charge on any atom is -0.377 e. The van der Waals surface area contributed by atoms with Crippen LogP contribution in [-0.4, -0.2) is 43.2 Å². The third-order valence-electron chi connectivity index (χ3n) is 6.04. The number of fused-ring (bicyclic) bond motifs is 1. The van der Waals surface area contributed by atoms with Crippen molar-refractivity contribution in [2.75, 3.05) is 31.1 Å². The van der Waals surface area contributed by atoms with Crippen molar-refractivity contribution in [2.45, 2.75) is 44.6 Å². The van der Waals surface area contributed by atoms with Gasteiger partial charge in [0.05, 0.1) is 18.6 Å². The number of aryl methyl sites for hydroxylation is 1. The van der Waals surface area contributed by atoms with Gasteiger partial charge in [0.25, 0.3) is 0 Å². The van der Waals surface area contributed by atoms with Crippen molar-refractivity contribution in [3.63, 3.8) is 0 Å². The lowest BCUT2D eigenvalue weighted by atomic mass is 9.92. The summed E-state index contributed by atoms with van der Waals surface area (Å²) in [7, 11) is 0. The second kappa shape index (κ2) is 6.95. The Kier molecular flexibility index (Phi) is 4.33. The number of hydrazone groups is 1. The first kappa shape index (κ1) is 16.2. The Bertz CT molecular complexity index is 722. The number of amidine groups is 1.